The van der Waals surface area contributed by atoms with E-state index < -0.39 is 17.7 Å². The van der Waals surface area contributed by atoms with E-state index in [1.807, 2.05) is 0 Å². The molecular weight excluding hydrogens is 237 g/mol. The topological polar surface area (TPSA) is 72.5 Å². The van der Waals surface area contributed by atoms with Gasteiger partial charge < -0.3 is 15.6 Å². The smallest absolute Gasteiger partial charge is 0.312 e. The number of carboxylic acid groups (broad SMARTS) is 1. The molecule has 3 N–H and O–H groups in total. The molecule has 0 heterocycles. The Morgan fingerprint density at radius 3 is 2.75 bits per heavy atom. The first-order chi connectivity index (χ1) is 7.51. The number of carboxylic acids is 1. The van der Waals surface area contributed by atoms with Crippen LogP contribution in [0.15, 0.2) is 12.1 Å². The van der Waals surface area contributed by atoms with Crippen molar-refractivity contribution < 1.29 is 19.0 Å². The van der Waals surface area contributed by atoms with Crippen LogP contribution >= 0.6 is 11.6 Å². The maximum absolute atomic E-state index is 13.4. The van der Waals surface area contributed by atoms with Crippen molar-refractivity contribution in [2.45, 2.75) is 5.92 Å². The number of methoxy groups -OCH3 is 1. The zero-order valence-corrected chi connectivity index (χ0v) is 9.29. The lowest BCUT2D eigenvalue weighted by Gasteiger charge is -2.15. The van der Waals surface area contributed by atoms with Crippen molar-refractivity contribution in [3.05, 3.63) is 28.5 Å². The van der Waals surface area contributed by atoms with Crippen molar-refractivity contribution in [1.82, 2.24) is 0 Å². The molecule has 6 heteroatoms. The number of ether oxygens (including phenoxy) is 1. The molecule has 1 aromatic rings. The highest BCUT2D eigenvalue weighted by Gasteiger charge is 2.24. The van der Waals surface area contributed by atoms with E-state index in [0.29, 0.717) is 0 Å². The lowest BCUT2D eigenvalue weighted by atomic mass is 9.98. The molecule has 0 fully saturated rings. The second-order valence-corrected chi connectivity index (χ2v) is 3.57. The average molecular weight is 248 g/mol. The Kier molecular flexibility index (Phi) is 4.09. The molecule has 0 aromatic heterocycles. The Morgan fingerprint density at radius 2 is 2.31 bits per heavy atom. The molecule has 4 nitrogen and oxygen atoms in total. The Balaban J connectivity index is 3.34. The number of carbonyl (C=O) groups is 1. The quantitative estimate of drug-likeness (QED) is 0.848. The molecular formula is C10H11ClFNO3. The van der Waals surface area contributed by atoms with Crippen LogP contribution < -0.4 is 10.5 Å². The molecule has 0 amide bonds. The fourth-order valence-electron chi connectivity index (χ4n) is 1.42. The monoisotopic (exact) mass is 247 g/mol. The standard InChI is InChI=1S/C10H11ClFNO3/c1-16-9-6(7(4-13)10(14)15)2-5(11)3-8(9)12/h2-3,7H,4,13H2,1H3,(H,14,15). The van der Waals surface area contributed by atoms with Gasteiger partial charge in [-0.15, -0.1) is 0 Å². The first-order valence-corrected chi connectivity index (χ1v) is 4.84. The number of nitrogens with two attached hydrogens (primary N) is 1. The predicted molar refractivity (Wildman–Crippen MR) is 57.4 cm³/mol. The summed E-state index contributed by atoms with van der Waals surface area (Å²) in [7, 11) is 1.26. The van der Waals surface area contributed by atoms with Crippen molar-refractivity contribution in [3.63, 3.8) is 0 Å². The number of halogens is 2. The Morgan fingerprint density at radius 1 is 1.69 bits per heavy atom. The molecule has 16 heavy (non-hydrogen) atoms. The third-order valence-corrected chi connectivity index (χ3v) is 2.37. The lowest BCUT2D eigenvalue weighted by molar-refractivity contribution is -0.138. The van der Waals surface area contributed by atoms with E-state index in [-0.39, 0.29) is 22.9 Å². The Bertz CT molecular complexity index is 411. The van der Waals surface area contributed by atoms with Crippen LogP contribution in [-0.4, -0.2) is 24.7 Å². The molecule has 0 aliphatic carbocycles. The van der Waals surface area contributed by atoms with E-state index in [1.54, 1.807) is 0 Å². The molecule has 0 radical (unpaired) electrons. The van der Waals surface area contributed by atoms with Gasteiger partial charge in [0.2, 0.25) is 0 Å². The van der Waals surface area contributed by atoms with E-state index in [4.69, 9.17) is 27.2 Å². The fourth-order valence-corrected chi connectivity index (χ4v) is 1.63. The van der Waals surface area contributed by atoms with Gasteiger partial charge in [-0.05, 0) is 12.1 Å². The van der Waals surface area contributed by atoms with E-state index in [2.05, 4.69) is 0 Å². The molecule has 1 unspecified atom stereocenters. The molecule has 88 valence electrons. The highest BCUT2D eigenvalue weighted by molar-refractivity contribution is 6.30. The van der Waals surface area contributed by atoms with Gasteiger partial charge in [-0.2, -0.15) is 0 Å². The summed E-state index contributed by atoms with van der Waals surface area (Å²) >= 11 is 5.66. The van der Waals surface area contributed by atoms with Crippen molar-refractivity contribution in [3.8, 4) is 5.75 Å². The predicted octanol–water partition coefficient (Wildman–Crippen LogP) is 1.61. The van der Waals surface area contributed by atoms with Gasteiger partial charge in [-0.1, -0.05) is 11.6 Å². The molecule has 1 atom stereocenters. The van der Waals surface area contributed by atoms with Gasteiger partial charge >= 0.3 is 5.97 Å². The molecule has 0 aliphatic rings. The number of aliphatic carboxylic acids is 1. The molecule has 0 spiro atoms. The third kappa shape index (κ3) is 2.43. The second-order valence-electron chi connectivity index (χ2n) is 3.14. The lowest BCUT2D eigenvalue weighted by Crippen LogP contribution is -2.22. The maximum Gasteiger partial charge on any atom is 0.312 e. The minimum atomic E-state index is -1.15. The highest BCUT2D eigenvalue weighted by Crippen LogP contribution is 2.32. The number of hydrogen-bond donors (Lipinski definition) is 2. The van der Waals surface area contributed by atoms with Crippen molar-refractivity contribution in [2.75, 3.05) is 13.7 Å². The SMILES string of the molecule is COc1c(F)cc(Cl)cc1C(CN)C(=O)O. The second kappa shape index (κ2) is 5.14. The van der Waals surface area contributed by atoms with Crippen LogP contribution in [0.3, 0.4) is 0 Å². The minimum absolute atomic E-state index is 0.105. The number of hydrogen-bond acceptors (Lipinski definition) is 3. The molecule has 0 saturated carbocycles. The molecule has 1 aromatic carbocycles. The van der Waals surface area contributed by atoms with Crippen LogP contribution in [0, 0.1) is 5.82 Å². The van der Waals surface area contributed by atoms with Crippen LogP contribution in [-0.2, 0) is 4.79 Å². The normalized spacial score (nSPS) is 12.2. The van der Waals surface area contributed by atoms with E-state index in [0.717, 1.165) is 6.07 Å². The van der Waals surface area contributed by atoms with Gasteiger partial charge in [0, 0.05) is 17.1 Å². The van der Waals surface area contributed by atoms with Crippen LogP contribution in [0.2, 0.25) is 5.02 Å². The molecule has 0 saturated heterocycles. The van der Waals surface area contributed by atoms with E-state index in [1.165, 1.54) is 13.2 Å². The van der Waals surface area contributed by atoms with Gasteiger partial charge in [-0.25, -0.2) is 4.39 Å². The van der Waals surface area contributed by atoms with Gasteiger partial charge in [0.1, 0.15) is 0 Å². The summed E-state index contributed by atoms with van der Waals surface area (Å²) in [5, 5.41) is 9.03. The number of rotatable bonds is 4. The van der Waals surface area contributed by atoms with E-state index in [9.17, 15) is 9.18 Å². The molecule has 0 bridgehead atoms. The summed E-state index contributed by atoms with van der Waals surface area (Å²) < 4.78 is 18.2. The van der Waals surface area contributed by atoms with Gasteiger partial charge in [0.25, 0.3) is 0 Å². The molecule has 1 rings (SSSR count). The van der Waals surface area contributed by atoms with E-state index >= 15 is 0 Å². The van der Waals surface area contributed by atoms with Crippen LogP contribution in [0.1, 0.15) is 11.5 Å². The van der Waals surface area contributed by atoms with Gasteiger partial charge in [0.15, 0.2) is 11.6 Å². The summed E-state index contributed by atoms with van der Waals surface area (Å²) in [4.78, 5) is 10.9. The number of benzene rings is 1. The highest BCUT2D eigenvalue weighted by atomic mass is 35.5. The average Bonchev–Trinajstić information content (AvgIpc) is 2.17. The fraction of sp³-hybridized carbons (Fsp3) is 0.300. The van der Waals surface area contributed by atoms with Crippen molar-refractivity contribution >= 4 is 17.6 Å². The third-order valence-electron chi connectivity index (χ3n) is 2.15. The van der Waals surface area contributed by atoms with Gasteiger partial charge in [0.05, 0.1) is 13.0 Å². The van der Waals surface area contributed by atoms with Crippen molar-refractivity contribution in [2.24, 2.45) is 5.73 Å². The summed E-state index contributed by atoms with van der Waals surface area (Å²) in [6.45, 7) is -0.161. The van der Waals surface area contributed by atoms with Gasteiger partial charge in [-0.3, -0.25) is 4.79 Å². The summed E-state index contributed by atoms with van der Waals surface area (Å²) in [6.07, 6.45) is 0. The van der Waals surface area contributed by atoms with Crippen LogP contribution in [0.25, 0.3) is 0 Å². The zero-order chi connectivity index (χ0) is 12.3. The minimum Gasteiger partial charge on any atom is -0.493 e. The van der Waals surface area contributed by atoms with Crippen LogP contribution in [0.5, 0.6) is 5.75 Å². The first kappa shape index (κ1) is 12.7. The summed E-state index contributed by atoms with van der Waals surface area (Å²) in [6, 6.07) is 2.40. The zero-order valence-electron chi connectivity index (χ0n) is 8.54. The van der Waals surface area contributed by atoms with Crippen LogP contribution in [0.4, 0.5) is 4.39 Å². The Hall–Kier alpha value is -1.33. The molecule has 0 aliphatic heterocycles. The first-order valence-electron chi connectivity index (χ1n) is 4.47. The Labute approximate surface area is 96.8 Å². The maximum atomic E-state index is 13.4. The largest absolute Gasteiger partial charge is 0.493 e. The summed E-state index contributed by atoms with van der Waals surface area (Å²) in [5.74, 6) is -3.03. The van der Waals surface area contributed by atoms with Crippen molar-refractivity contribution in [1.29, 1.82) is 0 Å². The summed E-state index contributed by atoms with van der Waals surface area (Å²) in [5.41, 5.74) is 5.47.